The van der Waals surface area contributed by atoms with Gasteiger partial charge in [0.05, 0.1) is 12.2 Å². The lowest BCUT2D eigenvalue weighted by atomic mass is 10.1. The molecule has 0 N–H and O–H groups in total. The fraction of sp³-hybridized carbons (Fsp3) is 0.381. The molecule has 0 aliphatic heterocycles. The van der Waals surface area contributed by atoms with Crippen LogP contribution in [0.3, 0.4) is 0 Å². The molecule has 0 heterocycles. The molecule has 0 aliphatic rings. The quantitative estimate of drug-likeness (QED) is 0.393. The summed E-state index contributed by atoms with van der Waals surface area (Å²) >= 11 is 3.56. The average molecular weight is 435 g/mol. The highest BCUT2D eigenvalue weighted by atomic mass is 79.9. The van der Waals surface area contributed by atoms with Crippen LogP contribution in [-0.4, -0.2) is 14.3 Å². The molecule has 0 fully saturated rings. The number of benzene rings is 2. The fourth-order valence-electron chi connectivity index (χ4n) is 2.12. The maximum atomic E-state index is 12.5. The molecule has 2 aromatic carbocycles. The van der Waals surface area contributed by atoms with Gasteiger partial charge in [0.1, 0.15) is 6.61 Å². The molecule has 0 spiro atoms. The first-order valence-electron chi connectivity index (χ1n) is 8.74. The van der Waals surface area contributed by atoms with Crippen molar-refractivity contribution < 1.29 is 14.0 Å². The summed E-state index contributed by atoms with van der Waals surface area (Å²) in [4.78, 5) is 12.5. The highest BCUT2D eigenvalue weighted by molar-refractivity contribution is 9.10. The van der Waals surface area contributed by atoms with Gasteiger partial charge in [0, 0.05) is 4.47 Å². The van der Waals surface area contributed by atoms with E-state index in [4.69, 9.17) is 9.16 Å². The zero-order chi connectivity index (χ0) is 19.4. The van der Waals surface area contributed by atoms with Crippen molar-refractivity contribution in [3.63, 3.8) is 0 Å². The second kappa shape index (κ2) is 8.50. The monoisotopic (exact) mass is 434 g/mol. The van der Waals surface area contributed by atoms with Crippen molar-refractivity contribution in [1.29, 1.82) is 0 Å². The van der Waals surface area contributed by atoms with Gasteiger partial charge in [-0.25, -0.2) is 4.79 Å². The number of hydrogen-bond acceptors (Lipinski definition) is 3. The third kappa shape index (κ3) is 5.28. The Morgan fingerprint density at radius 2 is 1.65 bits per heavy atom. The Bertz CT molecular complexity index is 752. The summed E-state index contributed by atoms with van der Waals surface area (Å²) in [5.74, 6) is -0.338. The number of ether oxygens (including phenoxy) is 1. The molecule has 0 amide bonds. The first kappa shape index (κ1) is 20.9. The second-order valence-corrected chi connectivity index (χ2v) is 13.5. The van der Waals surface area contributed by atoms with E-state index < -0.39 is 8.32 Å². The van der Waals surface area contributed by atoms with E-state index in [9.17, 15) is 4.79 Å². The molecule has 0 saturated heterocycles. The smallest absolute Gasteiger partial charge is 0.339 e. The molecule has 3 nitrogen and oxygen atoms in total. The Hall–Kier alpha value is -1.43. The SMILES string of the molecule is CC(C)(C)[Si](C)(C)OCc1cccc(C(=O)OCc2ccccc2)c1Br. The van der Waals surface area contributed by atoms with E-state index in [0.29, 0.717) is 12.2 Å². The molecule has 2 rings (SSSR count). The molecule has 0 radical (unpaired) electrons. The molecular weight excluding hydrogens is 408 g/mol. The molecule has 0 saturated carbocycles. The zero-order valence-electron chi connectivity index (χ0n) is 16.1. The van der Waals surface area contributed by atoms with E-state index in [1.165, 1.54) is 0 Å². The van der Waals surface area contributed by atoms with Gasteiger partial charge in [0.15, 0.2) is 8.32 Å². The van der Waals surface area contributed by atoms with Gasteiger partial charge in [-0.3, -0.25) is 0 Å². The summed E-state index contributed by atoms with van der Waals surface area (Å²) in [6.07, 6.45) is 0. The van der Waals surface area contributed by atoms with E-state index in [1.54, 1.807) is 6.07 Å². The zero-order valence-corrected chi connectivity index (χ0v) is 18.7. The van der Waals surface area contributed by atoms with E-state index >= 15 is 0 Å². The van der Waals surface area contributed by atoms with Crippen LogP contribution in [-0.2, 0) is 22.4 Å². The lowest BCUT2D eigenvalue weighted by molar-refractivity contribution is 0.0471. The van der Waals surface area contributed by atoms with Crippen LogP contribution in [0.2, 0.25) is 18.1 Å². The van der Waals surface area contributed by atoms with Crippen LogP contribution in [0.1, 0.15) is 42.3 Å². The Morgan fingerprint density at radius 1 is 1.00 bits per heavy atom. The van der Waals surface area contributed by atoms with Gasteiger partial charge in [-0.05, 0) is 51.3 Å². The van der Waals surface area contributed by atoms with Crippen LogP contribution >= 0.6 is 15.9 Å². The lowest BCUT2D eigenvalue weighted by Gasteiger charge is -2.36. The van der Waals surface area contributed by atoms with E-state index in [0.717, 1.165) is 15.6 Å². The minimum Gasteiger partial charge on any atom is -0.457 e. The topological polar surface area (TPSA) is 35.5 Å². The van der Waals surface area contributed by atoms with Crippen molar-refractivity contribution in [2.45, 2.75) is 52.1 Å². The van der Waals surface area contributed by atoms with Gasteiger partial charge in [-0.15, -0.1) is 0 Å². The average Bonchev–Trinajstić information content (AvgIpc) is 2.58. The minimum atomic E-state index is -1.85. The van der Waals surface area contributed by atoms with Crippen LogP contribution in [0.25, 0.3) is 0 Å². The van der Waals surface area contributed by atoms with Crippen molar-refractivity contribution in [3.8, 4) is 0 Å². The molecule has 0 aliphatic carbocycles. The van der Waals surface area contributed by atoms with Gasteiger partial charge < -0.3 is 9.16 Å². The third-order valence-electron chi connectivity index (χ3n) is 4.91. The predicted molar refractivity (Wildman–Crippen MR) is 112 cm³/mol. The first-order chi connectivity index (χ1) is 12.1. The molecular formula is C21H27BrO3Si. The van der Waals surface area contributed by atoms with Crippen LogP contribution in [0, 0.1) is 0 Å². The molecule has 2 aromatic rings. The largest absolute Gasteiger partial charge is 0.457 e. The van der Waals surface area contributed by atoms with Crippen LogP contribution < -0.4 is 0 Å². The van der Waals surface area contributed by atoms with Gasteiger partial charge in [-0.1, -0.05) is 63.2 Å². The molecule has 0 unspecified atom stereocenters. The second-order valence-electron chi connectivity index (χ2n) is 7.89. The molecule has 5 heteroatoms. The number of hydrogen-bond donors (Lipinski definition) is 0. The number of halogens is 1. The maximum absolute atomic E-state index is 12.5. The van der Waals surface area contributed by atoms with Crippen LogP contribution in [0.4, 0.5) is 0 Å². The fourth-order valence-corrected chi connectivity index (χ4v) is 3.61. The maximum Gasteiger partial charge on any atom is 0.339 e. The van der Waals surface area contributed by atoms with E-state index in [2.05, 4.69) is 49.8 Å². The normalized spacial score (nSPS) is 12.1. The Labute approximate surface area is 166 Å². The standard InChI is InChI=1S/C21H27BrO3Si/c1-21(2,3)26(4,5)25-15-17-12-9-13-18(19(17)22)20(23)24-14-16-10-7-6-8-11-16/h6-13H,14-15H2,1-5H3. The number of esters is 1. The molecule has 26 heavy (non-hydrogen) atoms. The summed E-state index contributed by atoms with van der Waals surface area (Å²) in [7, 11) is -1.85. The molecule has 140 valence electrons. The minimum absolute atomic E-state index is 0.145. The van der Waals surface area contributed by atoms with E-state index in [1.807, 2.05) is 42.5 Å². The van der Waals surface area contributed by atoms with Gasteiger partial charge in [-0.2, -0.15) is 0 Å². The van der Waals surface area contributed by atoms with Crippen molar-refractivity contribution in [2.75, 3.05) is 0 Å². The Morgan fingerprint density at radius 3 is 2.27 bits per heavy atom. The highest BCUT2D eigenvalue weighted by Crippen LogP contribution is 2.37. The summed E-state index contributed by atoms with van der Waals surface area (Å²) in [5.41, 5.74) is 2.45. The molecule has 0 atom stereocenters. The molecule has 0 aromatic heterocycles. The summed E-state index contributed by atoms with van der Waals surface area (Å²) in [5, 5.41) is 0.145. The van der Waals surface area contributed by atoms with Crippen molar-refractivity contribution in [2.24, 2.45) is 0 Å². The summed E-state index contributed by atoms with van der Waals surface area (Å²) in [6, 6.07) is 15.3. The van der Waals surface area contributed by atoms with Crippen molar-refractivity contribution in [3.05, 3.63) is 69.7 Å². The molecule has 0 bridgehead atoms. The van der Waals surface area contributed by atoms with E-state index in [-0.39, 0.29) is 17.6 Å². The number of carbonyl (C=O) groups excluding carboxylic acids is 1. The lowest BCUT2D eigenvalue weighted by Crippen LogP contribution is -2.40. The first-order valence-corrected chi connectivity index (χ1v) is 12.4. The number of carbonyl (C=O) groups is 1. The third-order valence-corrected chi connectivity index (χ3v) is 10.3. The van der Waals surface area contributed by atoms with Crippen molar-refractivity contribution >= 4 is 30.2 Å². The highest BCUT2D eigenvalue weighted by Gasteiger charge is 2.37. The Balaban J connectivity index is 2.07. The predicted octanol–water partition coefficient (Wildman–Crippen LogP) is 6.33. The van der Waals surface area contributed by atoms with Crippen molar-refractivity contribution in [1.82, 2.24) is 0 Å². The summed E-state index contributed by atoms with van der Waals surface area (Å²) in [6.45, 7) is 11.8. The van der Waals surface area contributed by atoms with Gasteiger partial charge >= 0.3 is 5.97 Å². The van der Waals surface area contributed by atoms with Gasteiger partial charge in [0.2, 0.25) is 0 Å². The van der Waals surface area contributed by atoms with Crippen LogP contribution in [0.15, 0.2) is 53.0 Å². The van der Waals surface area contributed by atoms with Gasteiger partial charge in [0.25, 0.3) is 0 Å². The van der Waals surface area contributed by atoms with Crippen LogP contribution in [0.5, 0.6) is 0 Å². The Kier molecular flexibility index (Phi) is 6.83. The number of rotatable bonds is 6. The summed E-state index contributed by atoms with van der Waals surface area (Å²) < 4.78 is 12.5.